The topological polar surface area (TPSA) is 138 Å². The third-order valence-electron chi connectivity index (χ3n) is 4.91. The number of carbonyl (C=O) groups excluding carboxylic acids is 3. The second-order valence-corrected chi connectivity index (χ2v) is 12.3. The summed E-state index contributed by atoms with van der Waals surface area (Å²) in [6, 6.07) is 5.25. The molecule has 1 fully saturated rings. The maximum atomic E-state index is 11.8. The molecular formula is C21H22N4O6S4. The van der Waals surface area contributed by atoms with E-state index in [1.54, 1.807) is 21.6 Å². The van der Waals surface area contributed by atoms with Gasteiger partial charge in [-0.05, 0) is 24.6 Å². The molecule has 1 aromatic carbocycles. The van der Waals surface area contributed by atoms with Gasteiger partial charge in [-0.2, -0.15) is 0 Å². The first kappa shape index (κ1) is 25.8. The number of rotatable bonds is 12. The molecule has 186 valence electrons. The van der Waals surface area contributed by atoms with Gasteiger partial charge in [-0.1, -0.05) is 21.6 Å². The number of carbonyl (C=O) groups is 4. The summed E-state index contributed by atoms with van der Waals surface area (Å²) in [7, 11) is 3.20. The van der Waals surface area contributed by atoms with Gasteiger partial charge in [-0.15, -0.1) is 28.2 Å². The Labute approximate surface area is 217 Å². The van der Waals surface area contributed by atoms with Gasteiger partial charge in [0.25, 0.3) is 11.8 Å². The third-order valence-corrected chi connectivity index (χ3v) is 9.61. The van der Waals surface area contributed by atoms with Crippen LogP contribution in [0, 0.1) is 0 Å². The van der Waals surface area contributed by atoms with Gasteiger partial charge in [0.1, 0.15) is 10.1 Å². The maximum Gasteiger partial charge on any atom is 0.334 e. The number of aliphatic imine (C=N–C) groups is 1. The predicted octanol–water partition coefficient (Wildman–Crippen LogP) is 3.42. The van der Waals surface area contributed by atoms with Gasteiger partial charge in [0, 0.05) is 42.3 Å². The van der Waals surface area contributed by atoms with E-state index in [4.69, 9.17) is 9.94 Å². The van der Waals surface area contributed by atoms with E-state index < -0.39 is 29.8 Å². The molecule has 2 N–H and O–H groups in total. The minimum Gasteiger partial charge on any atom is -0.480 e. The van der Waals surface area contributed by atoms with Crippen LogP contribution in [0.5, 0.6) is 0 Å². The molecule has 35 heavy (non-hydrogen) atoms. The van der Waals surface area contributed by atoms with Crippen LogP contribution in [0.2, 0.25) is 0 Å². The van der Waals surface area contributed by atoms with E-state index >= 15 is 0 Å². The largest absolute Gasteiger partial charge is 0.480 e. The van der Waals surface area contributed by atoms with Crippen LogP contribution in [-0.4, -0.2) is 73.8 Å². The molecule has 0 saturated carbocycles. The summed E-state index contributed by atoms with van der Waals surface area (Å²) in [6.45, 7) is 0.787. The highest BCUT2D eigenvalue weighted by Crippen LogP contribution is 2.31. The first-order chi connectivity index (χ1) is 16.9. The number of carboxylic acids is 1. The fourth-order valence-corrected chi connectivity index (χ4v) is 7.32. The molecule has 2 amide bonds. The van der Waals surface area contributed by atoms with Crippen molar-refractivity contribution in [1.29, 1.82) is 0 Å². The van der Waals surface area contributed by atoms with Crippen LogP contribution in [0.3, 0.4) is 0 Å². The van der Waals surface area contributed by atoms with E-state index in [0.717, 1.165) is 39.6 Å². The number of aromatic nitrogens is 1. The lowest BCUT2D eigenvalue weighted by Gasteiger charge is -2.12. The normalized spacial score (nSPS) is 17.8. The SMILES string of the molecule is O=C(CCSSCCCNc1ccc2nc(C3=N[C@@H](C(=O)O)CS3)sc2c1)ON1C(=O)CCC1=O. The Morgan fingerprint density at radius 3 is 2.71 bits per heavy atom. The Kier molecular flexibility index (Phi) is 8.92. The fourth-order valence-electron chi connectivity index (χ4n) is 3.16. The number of imide groups is 1. The monoisotopic (exact) mass is 554 g/mol. The summed E-state index contributed by atoms with van der Waals surface area (Å²) < 4.78 is 1.02. The molecule has 0 spiro atoms. The van der Waals surface area contributed by atoms with Gasteiger partial charge < -0.3 is 15.3 Å². The molecule has 10 nitrogen and oxygen atoms in total. The lowest BCUT2D eigenvalue weighted by molar-refractivity contribution is -0.197. The Hall–Kier alpha value is -2.29. The molecule has 1 aromatic heterocycles. The van der Waals surface area contributed by atoms with Crippen LogP contribution >= 0.6 is 44.7 Å². The van der Waals surface area contributed by atoms with Crippen molar-refractivity contribution in [2.24, 2.45) is 4.99 Å². The number of fused-ring (bicyclic) bond motifs is 1. The smallest absolute Gasteiger partial charge is 0.334 e. The van der Waals surface area contributed by atoms with E-state index in [1.807, 2.05) is 18.2 Å². The van der Waals surface area contributed by atoms with Crippen molar-refractivity contribution in [3.8, 4) is 0 Å². The molecule has 3 heterocycles. The highest BCUT2D eigenvalue weighted by molar-refractivity contribution is 8.76. The van der Waals surface area contributed by atoms with Crippen LogP contribution in [0.25, 0.3) is 10.2 Å². The van der Waals surface area contributed by atoms with E-state index in [9.17, 15) is 19.2 Å². The average Bonchev–Trinajstić information content (AvgIpc) is 3.55. The number of nitrogens with zero attached hydrogens (tertiary/aromatic N) is 3. The van der Waals surface area contributed by atoms with E-state index in [0.29, 0.717) is 21.6 Å². The molecule has 4 rings (SSSR count). The van der Waals surface area contributed by atoms with E-state index in [-0.39, 0.29) is 19.3 Å². The average molecular weight is 555 g/mol. The summed E-state index contributed by atoms with van der Waals surface area (Å²) in [5.41, 5.74) is 1.85. The number of aliphatic carboxylic acids is 1. The molecule has 2 aromatic rings. The quantitative estimate of drug-likeness (QED) is 0.227. The summed E-state index contributed by atoms with van der Waals surface area (Å²) in [6.07, 6.45) is 1.24. The van der Waals surface area contributed by atoms with Crippen LogP contribution < -0.4 is 5.32 Å². The number of anilines is 1. The van der Waals surface area contributed by atoms with Crippen molar-refractivity contribution >= 4 is 89.4 Å². The minimum atomic E-state index is -0.910. The standard InChI is InChI=1S/C21H22N4O6S4/c26-16-4-5-17(27)25(16)31-18(28)6-9-34-33-8-1-7-22-12-2-3-13-15(10-12)35-20(23-13)19-24-14(11-32-19)21(29)30/h2-3,10,14,22H,1,4-9,11H2,(H,29,30)/t14-/m1/s1. The minimum absolute atomic E-state index is 0.0910. The molecule has 1 atom stereocenters. The summed E-state index contributed by atoms with van der Waals surface area (Å²) in [5.74, 6) is -0.557. The van der Waals surface area contributed by atoms with Gasteiger partial charge in [-0.25, -0.2) is 14.6 Å². The first-order valence-corrected chi connectivity index (χ1v) is 15.1. The number of amides is 2. The molecule has 0 aliphatic carbocycles. The highest BCUT2D eigenvalue weighted by Gasteiger charge is 2.32. The number of carboxylic acid groups (broad SMARTS) is 1. The van der Waals surface area contributed by atoms with Gasteiger partial charge >= 0.3 is 11.9 Å². The zero-order valence-corrected chi connectivity index (χ0v) is 21.7. The number of thioether (sulfide) groups is 1. The number of thiazole rings is 1. The molecule has 1 saturated heterocycles. The summed E-state index contributed by atoms with van der Waals surface area (Å²) in [4.78, 5) is 59.4. The summed E-state index contributed by atoms with van der Waals surface area (Å²) >= 11 is 2.93. The van der Waals surface area contributed by atoms with Gasteiger partial charge in [0.2, 0.25) is 0 Å². The summed E-state index contributed by atoms with van der Waals surface area (Å²) in [5, 5.41) is 14.5. The Balaban J connectivity index is 1.12. The molecule has 2 aliphatic heterocycles. The number of nitrogens with one attached hydrogen (secondary N) is 1. The van der Waals surface area contributed by atoms with Crippen molar-refractivity contribution in [2.75, 3.05) is 29.1 Å². The second kappa shape index (κ2) is 12.1. The Bertz CT molecular complexity index is 1150. The lowest BCUT2D eigenvalue weighted by atomic mass is 10.3. The Morgan fingerprint density at radius 2 is 1.97 bits per heavy atom. The first-order valence-electron chi connectivity index (χ1n) is 10.8. The Morgan fingerprint density at radius 1 is 1.20 bits per heavy atom. The zero-order valence-electron chi connectivity index (χ0n) is 18.4. The second-order valence-electron chi connectivity index (χ2n) is 7.52. The van der Waals surface area contributed by atoms with E-state index in [1.165, 1.54) is 23.1 Å². The van der Waals surface area contributed by atoms with Crippen LogP contribution in [-0.2, 0) is 24.0 Å². The molecule has 14 heteroatoms. The molecule has 2 aliphatic rings. The number of benzene rings is 1. The maximum absolute atomic E-state index is 11.8. The fraction of sp³-hybridized carbons (Fsp3) is 0.429. The van der Waals surface area contributed by atoms with Gasteiger partial charge in [0.15, 0.2) is 6.04 Å². The van der Waals surface area contributed by atoms with Crippen LogP contribution in [0.4, 0.5) is 5.69 Å². The lowest BCUT2D eigenvalue weighted by Crippen LogP contribution is -2.32. The van der Waals surface area contributed by atoms with Gasteiger partial charge in [0.05, 0.1) is 16.6 Å². The molecule has 0 radical (unpaired) electrons. The number of hydroxylamine groups is 2. The van der Waals surface area contributed by atoms with Crippen molar-refractivity contribution in [1.82, 2.24) is 10.0 Å². The molecule has 0 unspecified atom stereocenters. The van der Waals surface area contributed by atoms with Crippen LogP contribution in [0.1, 0.15) is 30.7 Å². The van der Waals surface area contributed by atoms with Crippen molar-refractivity contribution in [3.63, 3.8) is 0 Å². The van der Waals surface area contributed by atoms with Crippen molar-refractivity contribution in [3.05, 3.63) is 23.2 Å². The zero-order chi connectivity index (χ0) is 24.8. The third kappa shape index (κ3) is 6.90. The van der Waals surface area contributed by atoms with Crippen molar-refractivity contribution < 1.29 is 29.1 Å². The number of hydrogen-bond donors (Lipinski definition) is 2. The van der Waals surface area contributed by atoms with Gasteiger partial charge in [-0.3, -0.25) is 14.6 Å². The number of hydrogen-bond acceptors (Lipinski definition) is 12. The van der Waals surface area contributed by atoms with Crippen molar-refractivity contribution in [2.45, 2.75) is 31.7 Å². The highest BCUT2D eigenvalue weighted by atomic mass is 33.1. The van der Waals surface area contributed by atoms with E-state index in [2.05, 4.69) is 15.3 Å². The predicted molar refractivity (Wildman–Crippen MR) is 140 cm³/mol. The molecular weight excluding hydrogens is 533 g/mol. The van der Waals surface area contributed by atoms with Crippen LogP contribution in [0.15, 0.2) is 23.2 Å². The molecule has 0 bridgehead atoms.